The molecule has 112 valence electrons. The predicted octanol–water partition coefficient (Wildman–Crippen LogP) is 4.16. The molecule has 2 rings (SSSR count). The largest absolute Gasteiger partial charge is 0.326 e. The van der Waals surface area contributed by atoms with Gasteiger partial charge < -0.3 is 10.6 Å². The third-order valence-electron chi connectivity index (χ3n) is 3.47. The smallest absolute Gasteiger partial charge is 0.221 e. The first-order chi connectivity index (χ1) is 10.1. The maximum Gasteiger partial charge on any atom is 0.221 e. The van der Waals surface area contributed by atoms with Crippen LogP contribution in [0.25, 0.3) is 0 Å². The molecule has 0 saturated carbocycles. The molecule has 1 aromatic heterocycles. The summed E-state index contributed by atoms with van der Waals surface area (Å²) in [5, 5.41) is 8.50. The third-order valence-corrected chi connectivity index (χ3v) is 4.57. The quantitative estimate of drug-likeness (QED) is 0.841. The highest BCUT2D eigenvalue weighted by molar-refractivity contribution is 7.10. The highest BCUT2D eigenvalue weighted by Gasteiger charge is 2.10. The van der Waals surface area contributed by atoms with E-state index in [0.717, 1.165) is 12.2 Å². The summed E-state index contributed by atoms with van der Waals surface area (Å²) in [5.74, 6) is 0.463. The lowest BCUT2D eigenvalue weighted by Crippen LogP contribution is -2.23. The van der Waals surface area contributed by atoms with Crippen LogP contribution < -0.4 is 10.6 Å². The fourth-order valence-corrected chi connectivity index (χ4v) is 3.02. The zero-order chi connectivity index (χ0) is 15.2. The van der Waals surface area contributed by atoms with Crippen LogP contribution >= 0.6 is 11.3 Å². The van der Waals surface area contributed by atoms with Crippen LogP contribution in [-0.4, -0.2) is 12.5 Å². The lowest BCUT2D eigenvalue weighted by atomic mass is 10.1. The zero-order valence-corrected chi connectivity index (χ0v) is 13.5. The van der Waals surface area contributed by atoms with Gasteiger partial charge in [0.15, 0.2) is 0 Å². The summed E-state index contributed by atoms with van der Waals surface area (Å²) >= 11 is 1.80. The van der Waals surface area contributed by atoms with E-state index in [2.05, 4.69) is 48.1 Å². The van der Waals surface area contributed by atoms with Gasteiger partial charge in [0.05, 0.1) is 0 Å². The Morgan fingerprint density at radius 1 is 1.24 bits per heavy atom. The number of carbonyl (C=O) groups excluding carboxylic acids is 1. The molecule has 21 heavy (non-hydrogen) atoms. The average molecular weight is 302 g/mol. The minimum atomic E-state index is -0.0425. The molecule has 0 bridgehead atoms. The van der Waals surface area contributed by atoms with Gasteiger partial charge in [0, 0.05) is 36.0 Å². The zero-order valence-electron chi connectivity index (χ0n) is 12.7. The summed E-state index contributed by atoms with van der Waals surface area (Å²) < 4.78 is 0. The van der Waals surface area contributed by atoms with Gasteiger partial charge in [-0.2, -0.15) is 0 Å². The predicted molar refractivity (Wildman–Crippen MR) is 89.9 cm³/mol. The summed E-state index contributed by atoms with van der Waals surface area (Å²) in [6.07, 6.45) is 0. The molecule has 0 spiro atoms. The fraction of sp³-hybridized carbons (Fsp3) is 0.353. The lowest BCUT2D eigenvalue weighted by molar-refractivity contribution is -0.114. The third kappa shape index (κ3) is 4.69. The highest BCUT2D eigenvalue weighted by Crippen LogP contribution is 2.22. The maximum atomic E-state index is 11.1. The molecule has 2 aromatic rings. The Balaban J connectivity index is 1.93. The molecule has 0 aliphatic carbocycles. The molecule has 1 heterocycles. The van der Waals surface area contributed by atoms with Crippen molar-refractivity contribution in [2.24, 2.45) is 0 Å². The van der Waals surface area contributed by atoms with Gasteiger partial charge in [0.2, 0.25) is 5.91 Å². The van der Waals surface area contributed by atoms with Gasteiger partial charge in [0.25, 0.3) is 0 Å². The number of hydrogen-bond acceptors (Lipinski definition) is 3. The van der Waals surface area contributed by atoms with Crippen LogP contribution in [0.3, 0.4) is 0 Å². The molecule has 0 aliphatic rings. The number of nitrogens with one attached hydrogen (secondary N) is 2. The van der Waals surface area contributed by atoms with Gasteiger partial charge >= 0.3 is 0 Å². The monoisotopic (exact) mass is 302 g/mol. The highest BCUT2D eigenvalue weighted by atomic mass is 32.1. The number of thiophene rings is 1. The minimum absolute atomic E-state index is 0.0425. The second-order valence-corrected chi connectivity index (χ2v) is 6.33. The number of carbonyl (C=O) groups is 1. The normalized spacial score (nSPS) is 13.7. The Labute approximate surface area is 130 Å². The number of benzene rings is 1. The first kappa shape index (κ1) is 15.7. The average Bonchev–Trinajstić information content (AvgIpc) is 2.98. The summed E-state index contributed by atoms with van der Waals surface area (Å²) in [6, 6.07) is 12.5. The van der Waals surface area contributed by atoms with E-state index in [1.165, 1.54) is 17.4 Å². The molecule has 0 unspecified atom stereocenters. The second kappa shape index (κ2) is 7.38. The van der Waals surface area contributed by atoms with E-state index in [1.54, 1.807) is 11.3 Å². The van der Waals surface area contributed by atoms with Gasteiger partial charge in [-0.05, 0) is 36.1 Å². The molecule has 0 aliphatic heterocycles. The van der Waals surface area contributed by atoms with Crippen molar-refractivity contribution in [3.8, 4) is 0 Å². The molecule has 2 N–H and O–H groups in total. The molecule has 1 aromatic carbocycles. The molecule has 1 amide bonds. The number of anilines is 1. The van der Waals surface area contributed by atoms with Crippen LogP contribution in [0.2, 0.25) is 0 Å². The molecule has 4 heteroatoms. The van der Waals surface area contributed by atoms with Crippen molar-refractivity contribution in [2.45, 2.75) is 32.7 Å². The van der Waals surface area contributed by atoms with E-state index in [4.69, 9.17) is 0 Å². The SMILES string of the molecule is CC(=O)Nc1cccc([C@H](C)NC[C@@H](C)c2cccs2)c1. The Bertz CT molecular complexity index is 580. The number of amides is 1. The molecule has 0 saturated heterocycles. The van der Waals surface area contributed by atoms with Crippen molar-refractivity contribution in [1.82, 2.24) is 5.32 Å². The van der Waals surface area contributed by atoms with Crippen LogP contribution in [-0.2, 0) is 4.79 Å². The fourth-order valence-electron chi connectivity index (χ4n) is 2.23. The Kier molecular flexibility index (Phi) is 5.53. The van der Waals surface area contributed by atoms with Gasteiger partial charge in [-0.15, -0.1) is 11.3 Å². The molecule has 0 fully saturated rings. The second-order valence-electron chi connectivity index (χ2n) is 5.35. The number of rotatable bonds is 6. The van der Waals surface area contributed by atoms with E-state index in [-0.39, 0.29) is 11.9 Å². The molecule has 2 atom stereocenters. The van der Waals surface area contributed by atoms with Gasteiger partial charge in [-0.3, -0.25) is 4.79 Å². The Morgan fingerprint density at radius 3 is 2.71 bits per heavy atom. The van der Waals surface area contributed by atoms with Crippen molar-refractivity contribution in [1.29, 1.82) is 0 Å². The molecule has 0 radical (unpaired) electrons. The van der Waals surface area contributed by atoms with Crippen molar-refractivity contribution in [2.75, 3.05) is 11.9 Å². The van der Waals surface area contributed by atoms with E-state index < -0.39 is 0 Å². The summed E-state index contributed by atoms with van der Waals surface area (Å²) in [5.41, 5.74) is 2.03. The Hall–Kier alpha value is -1.65. The van der Waals surface area contributed by atoms with Crippen molar-refractivity contribution < 1.29 is 4.79 Å². The lowest BCUT2D eigenvalue weighted by Gasteiger charge is -2.18. The van der Waals surface area contributed by atoms with Gasteiger partial charge in [0.1, 0.15) is 0 Å². The van der Waals surface area contributed by atoms with Crippen LogP contribution in [0.5, 0.6) is 0 Å². The Morgan fingerprint density at radius 2 is 2.05 bits per heavy atom. The van der Waals surface area contributed by atoms with E-state index in [9.17, 15) is 4.79 Å². The molecular weight excluding hydrogens is 280 g/mol. The van der Waals surface area contributed by atoms with Crippen molar-refractivity contribution in [3.05, 3.63) is 52.2 Å². The molecule has 3 nitrogen and oxygen atoms in total. The van der Waals surface area contributed by atoms with Crippen LogP contribution in [0.4, 0.5) is 5.69 Å². The first-order valence-corrected chi connectivity index (χ1v) is 8.08. The standard InChI is InChI=1S/C17H22N2OS/c1-12(17-8-5-9-21-17)11-18-13(2)15-6-4-7-16(10-15)19-14(3)20/h4-10,12-13,18H,11H2,1-3H3,(H,19,20)/t12-,13+/m1/s1. The topological polar surface area (TPSA) is 41.1 Å². The van der Waals surface area contributed by atoms with E-state index in [1.807, 2.05) is 18.2 Å². The van der Waals surface area contributed by atoms with Crippen LogP contribution in [0.1, 0.15) is 43.2 Å². The van der Waals surface area contributed by atoms with E-state index in [0.29, 0.717) is 5.92 Å². The minimum Gasteiger partial charge on any atom is -0.326 e. The summed E-state index contributed by atoms with van der Waals surface area (Å²) in [6.45, 7) is 6.84. The van der Waals surface area contributed by atoms with Gasteiger partial charge in [-0.25, -0.2) is 0 Å². The van der Waals surface area contributed by atoms with Crippen LogP contribution in [0, 0.1) is 0 Å². The molecular formula is C17H22N2OS. The van der Waals surface area contributed by atoms with Gasteiger partial charge in [-0.1, -0.05) is 25.1 Å². The van der Waals surface area contributed by atoms with E-state index >= 15 is 0 Å². The van der Waals surface area contributed by atoms with Crippen LogP contribution in [0.15, 0.2) is 41.8 Å². The summed E-state index contributed by atoms with van der Waals surface area (Å²) in [7, 11) is 0. The van der Waals surface area contributed by atoms with Crippen molar-refractivity contribution >= 4 is 22.9 Å². The van der Waals surface area contributed by atoms with Crippen molar-refractivity contribution in [3.63, 3.8) is 0 Å². The first-order valence-electron chi connectivity index (χ1n) is 7.20. The maximum absolute atomic E-state index is 11.1. The number of hydrogen-bond donors (Lipinski definition) is 2. The summed E-state index contributed by atoms with van der Waals surface area (Å²) in [4.78, 5) is 12.5.